The summed E-state index contributed by atoms with van der Waals surface area (Å²) in [6.45, 7) is 0. The van der Waals surface area contributed by atoms with E-state index in [-0.39, 0.29) is 5.76 Å². The molecule has 0 aliphatic carbocycles. The molecule has 4 rings (SSSR count). The summed E-state index contributed by atoms with van der Waals surface area (Å²) in [6, 6.07) is 14.8. The van der Waals surface area contributed by atoms with Gasteiger partial charge < -0.3 is 19.8 Å². The van der Waals surface area contributed by atoms with Crippen LogP contribution in [0.15, 0.2) is 59.0 Å². The number of hydrogen-bond donors (Lipinski definition) is 3. The van der Waals surface area contributed by atoms with Gasteiger partial charge in [0.05, 0.1) is 7.11 Å². The first-order chi connectivity index (χ1) is 17.2. The molecule has 0 spiro atoms. The van der Waals surface area contributed by atoms with Crippen molar-refractivity contribution in [2.45, 2.75) is 0 Å². The fourth-order valence-corrected chi connectivity index (χ4v) is 3.45. The summed E-state index contributed by atoms with van der Waals surface area (Å²) < 4.78 is 65.8. The van der Waals surface area contributed by atoms with Crippen LogP contribution in [0.1, 0.15) is 20.9 Å². The molecule has 2 amide bonds. The molecule has 7 nitrogen and oxygen atoms in total. The van der Waals surface area contributed by atoms with Crippen LogP contribution in [-0.4, -0.2) is 24.0 Å². The predicted molar refractivity (Wildman–Crippen MR) is 127 cm³/mol. The first kappa shape index (κ1) is 24.7. The van der Waals surface area contributed by atoms with Gasteiger partial charge in [-0.3, -0.25) is 14.9 Å². The number of amides is 2. The van der Waals surface area contributed by atoms with E-state index in [9.17, 15) is 27.2 Å². The molecule has 1 heterocycles. The molecule has 12 heteroatoms. The Hall–Kier alpha value is -4.45. The Labute approximate surface area is 206 Å². The molecule has 0 fully saturated rings. The number of fused-ring (bicyclic) bond motifs is 1. The second kappa shape index (κ2) is 10.0. The van der Waals surface area contributed by atoms with Crippen molar-refractivity contribution >= 4 is 51.5 Å². The molecule has 36 heavy (non-hydrogen) atoms. The van der Waals surface area contributed by atoms with E-state index >= 15 is 0 Å². The fourth-order valence-electron chi connectivity index (χ4n) is 3.24. The summed E-state index contributed by atoms with van der Waals surface area (Å²) in [5.74, 6) is -10.8. The highest BCUT2D eigenvalue weighted by Crippen LogP contribution is 2.29. The fraction of sp³-hybridized carbons (Fsp3) is 0.0417. The molecule has 0 aliphatic rings. The second-order valence-electron chi connectivity index (χ2n) is 7.25. The Kier molecular flexibility index (Phi) is 6.88. The minimum atomic E-state index is -1.93. The van der Waals surface area contributed by atoms with Gasteiger partial charge >= 0.3 is 0 Å². The summed E-state index contributed by atoms with van der Waals surface area (Å²) in [7, 11) is 0.814. The number of nitrogens with one attached hydrogen (secondary N) is 3. The first-order valence-corrected chi connectivity index (χ1v) is 10.5. The smallest absolute Gasteiger partial charge is 0.291 e. The van der Waals surface area contributed by atoms with Gasteiger partial charge in [0.2, 0.25) is 11.6 Å². The topological polar surface area (TPSA) is 92.6 Å². The number of para-hydroxylation sites is 1. The normalized spacial score (nSPS) is 10.7. The van der Waals surface area contributed by atoms with E-state index in [0.29, 0.717) is 17.0 Å². The number of methoxy groups -OCH3 is 1. The molecule has 1 aromatic heterocycles. The van der Waals surface area contributed by atoms with Gasteiger partial charge in [0, 0.05) is 16.8 Å². The van der Waals surface area contributed by atoms with Crippen LogP contribution in [0.2, 0.25) is 0 Å². The Bertz CT molecular complexity index is 1440. The third kappa shape index (κ3) is 4.84. The molecule has 3 N–H and O–H groups in total. The van der Waals surface area contributed by atoms with Crippen LogP contribution in [-0.2, 0) is 0 Å². The van der Waals surface area contributed by atoms with Gasteiger partial charge in [0.25, 0.3) is 11.8 Å². The maximum absolute atomic E-state index is 14.1. The van der Waals surface area contributed by atoms with E-state index in [2.05, 4.69) is 15.4 Å². The van der Waals surface area contributed by atoms with Gasteiger partial charge in [-0.2, -0.15) is 8.78 Å². The molecule has 0 bridgehead atoms. The third-order valence-electron chi connectivity index (χ3n) is 4.93. The lowest BCUT2D eigenvalue weighted by atomic mass is 10.1. The number of thiocarbonyl (C=S) groups is 1. The van der Waals surface area contributed by atoms with Crippen LogP contribution in [0.3, 0.4) is 0 Å². The van der Waals surface area contributed by atoms with Crippen LogP contribution in [0.5, 0.6) is 5.75 Å². The molecule has 184 valence electrons. The minimum absolute atomic E-state index is 0.119. The number of carbonyl (C=O) groups excluding carboxylic acids is 2. The Morgan fingerprint density at radius 1 is 0.833 bits per heavy atom. The lowest BCUT2D eigenvalue weighted by Gasteiger charge is -2.13. The number of benzene rings is 3. The van der Waals surface area contributed by atoms with E-state index in [1.807, 2.05) is 17.4 Å². The highest BCUT2D eigenvalue weighted by Gasteiger charge is 2.30. The molecule has 0 aliphatic heterocycles. The predicted octanol–water partition coefficient (Wildman–Crippen LogP) is 5.38. The van der Waals surface area contributed by atoms with Gasteiger partial charge in [-0.05, 0) is 48.6 Å². The van der Waals surface area contributed by atoms with Crippen LogP contribution < -0.4 is 20.7 Å². The molecule has 0 atom stereocenters. The van der Waals surface area contributed by atoms with E-state index in [1.54, 1.807) is 18.2 Å². The highest BCUT2D eigenvalue weighted by molar-refractivity contribution is 7.80. The van der Waals surface area contributed by atoms with E-state index < -0.39 is 51.5 Å². The van der Waals surface area contributed by atoms with E-state index in [0.717, 1.165) is 12.5 Å². The summed E-state index contributed by atoms with van der Waals surface area (Å²) in [4.78, 5) is 24.7. The number of ether oxygens (including phenoxy) is 1. The summed E-state index contributed by atoms with van der Waals surface area (Å²) in [5.41, 5.74) is -0.194. The quantitative estimate of drug-likeness (QED) is 0.187. The van der Waals surface area contributed by atoms with Crippen molar-refractivity contribution in [3.8, 4) is 5.75 Å². The van der Waals surface area contributed by atoms with Crippen LogP contribution in [0.4, 0.5) is 28.9 Å². The number of rotatable bonds is 5. The molecule has 0 radical (unpaired) electrons. The van der Waals surface area contributed by atoms with Crippen LogP contribution in [0, 0.1) is 23.3 Å². The largest absolute Gasteiger partial charge is 0.491 e. The van der Waals surface area contributed by atoms with Gasteiger partial charge in [0.15, 0.2) is 28.3 Å². The maximum Gasteiger partial charge on any atom is 0.291 e. The lowest BCUT2D eigenvalue weighted by molar-refractivity contribution is 0.0964. The Morgan fingerprint density at radius 3 is 2.00 bits per heavy atom. The Balaban J connectivity index is 1.40. The van der Waals surface area contributed by atoms with E-state index in [1.165, 1.54) is 24.3 Å². The number of furan rings is 1. The van der Waals surface area contributed by atoms with Gasteiger partial charge in [-0.1, -0.05) is 18.2 Å². The van der Waals surface area contributed by atoms with Crippen molar-refractivity contribution in [2.75, 3.05) is 17.7 Å². The Morgan fingerprint density at radius 2 is 1.42 bits per heavy atom. The first-order valence-electron chi connectivity index (χ1n) is 10.1. The summed E-state index contributed by atoms with van der Waals surface area (Å²) in [6.07, 6.45) is 0. The zero-order valence-corrected chi connectivity index (χ0v) is 19.1. The van der Waals surface area contributed by atoms with Crippen molar-refractivity contribution in [1.82, 2.24) is 5.32 Å². The van der Waals surface area contributed by atoms with Crippen molar-refractivity contribution < 1.29 is 36.3 Å². The number of anilines is 2. The van der Waals surface area contributed by atoms with Gasteiger partial charge in [-0.25, -0.2) is 8.78 Å². The SMILES string of the molecule is COc1c(F)c(F)c(C(=O)NC(=S)Nc2ccc(NC(=O)c3cc4ccccc4o3)cc2)c(F)c1F. The van der Waals surface area contributed by atoms with E-state index in [4.69, 9.17) is 16.6 Å². The van der Waals surface area contributed by atoms with Crippen molar-refractivity contribution in [1.29, 1.82) is 0 Å². The van der Waals surface area contributed by atoms with Crippen molar-refractivity contribution in [2.24, 2.45) is 0 Å². The minimum Gasteiger partial charge on any atom is -0.491 e. The molecular weight excluding hydrogens is 502 g/mol. The zero-order chi connectivity index (χ0) is 26.0. The summed E-state index contributed by atoms with van der Waals surface area (Å²) in [5, 5.41) is 7.54. The number of hydrogen-bond acceptors (Lipinski definition) is 5. The standard InChI is InChI=1S/C24H15F4N3O4S/c1-34-21-19(27)17(25)16(18(26)20(21)28)23(33)31-24(36)30-13-8-6-12(7-9-13)29-22(32)15-10-11-4-2-3-5-14(11)35-15/h2-10H,1H3,(H,29,32)(H2,30,31,33,36). The average Bonchev–Trinajstić information content (AvgIpc) is 3.29. The van der Waals surface area contributed by atoms with Gasteiger partial charge in [0.1, 0.15) is 11.1 Å². The van der Waals surface area contributed by atoms with Crippen molar-refractivity contribution in [3.63, 3.8) is 0 Å². The van der Waals surface area contributed by atoms with Crippen molar-refractivity contribution in [3.05, 3.63) is 89.2 Å². The molecule has 4 aromatic rings. The monoisotopic (exact) mass is 517 g/mol. The maximum atomic E-state index is 14.1. The zero-order valence-electron chi connectivity index (χ0n) is 18.2. The van der Waals surface area contributed by atoms with Gasteiger partial charge in [-0.15, -0.1) is 0 Å². The molecule has 3 aromatic carbocycles. The molecule has 0 saturated carbocycles. The average molecular weight is 517 g/mol. The third-order valence-corrected chi connectivity index (χ3v) is 5.14. The number of carbonyl (C=O) groups is 2. The summed E-state index contributed by atoms with van der Waals surface area (Å²) >= 11 is 4.93. The molecule has 0 unspecified atom stereocenters. The molecular formula is C24H15F4N3O4S. The lowest BCUT2D eigenvalue weighted by Crippen LogP contribution is -2.35. The highest BCUT2D eigenvalue weighted by atomic mass is 32.1. The van der Waals surface area contributed by atoms with Crippen LogP contribution >= 0.6 is 12.2 Å². The molecule has 0 saturated heterocycles. The number of halogens is 4. The van der Waals surface area contributed by atoms with Crippen LogP contribution in [0.25, 0.3) is 11.0 Å². The second-order valence-corrected chi connectivity index (χ2v) is 7.66.